The predicted octanol–water partition coefficient (Wildman–Crippen LogP) is 3.90. The molecule has 1 N–H and O–H groups in total. The van der Waals surface area contributed by atoms with E-state index in [9.17, 15) is 9.50 Å². The van der Waals surface area contributed by atoms with Crippen LogP contribution in [0.3, 0.4) is 0 Å². The molecule has 32 heavy (non-hydrogen) atoms. The molecule has 1 fully saturated rings. The number of hydrogen-bond acceptors (Lipinski definition) is 5. The largest absolute Gasteiger partial charge is 0.494 e. The van der Waals surface area contributed by atoms with Gasteiger partial charge in [0.25, 0.3) is 0 Å². The highest BCUT2D eigenvalue weighted by atomic mass is 19.1. The number of aliphatic hydroxyl groups is 1. The Hall–Kier alpha value is -2.90. The number of likely N-dealkylation sites (tertiary alicyclic amines) is 1. The van der Waals surface area contributed by atoms with Gasteiger partial charge in [0, 0.05) is 45.0 Å². The normalized spacial score (nSPS) is 16.1. The van der Waals surface area contributed by atoms with Gasteiger partial charge in [-0.05, 0) is 48.7 Å². The third-order valence-corrected chi connectivity index (χ3v) is 5.78. The van der Waals surface area contributed by atoms with Crippen LogP contribution in [0.2, 0.25) is 0 Å². The number of hydrogen-bond donors (Lipinski definition) is 1. The topological polar surface area (TPSA) is 59.8 Å². The maximum absolute atomic E-state index is 13.7. The van der Waals surface area contributed by atoms with Crippen molar-refractivity contribution in [2.45, 2.75) is 38.0 Å². The van der Waals surface area contributed by atoms with Gasteiger partial charge in [-0.15, -0.1) is 0 Å². The minimum atomic E-state index is -0.932. The Kier molecular flexibility index (Phi) is 7.39. The van der Waals surface area contributed by atoms with E-state index in [2.05, 4.69) is 22.1 Å². The molecule has 0 atom stereocenters. The van der Waals surface area contributed by atoms with Crippen molar-refractivity contribution >= 4 is 0 Å². The van der Waals surface area contributed by atoms with Crippen LogP contribution in [-0.2, 0) is 13.1 Å². The van der Waals surface area contributed by atoms with Gasteiger partial charge in [-0.25, -0.2) is 4.39 Å². The summed E-state index contributed by atoms with van der Waals surface area (Å²) in [6.45, 7) is 3.89. The summed E-state index contributed by atoms with van der Waals surface area (Å²) >= 11 is 0. The second kappa shape index (κ2) is 10.6. The van der Waals surface area contributed by atoms with E-state index in [0.29, 0.717) is 19.4 Å². The van der Waals surface area contributed by atoms with Crippen molar-refractivity contribution in [1.29, 1.82) is 0 Å². The molecule has 0 spiro atoms. The fourth-order valence-electron chi connectivity index (χ4n) is 3.89. The zero-order valence-electron chi connectivity index (χ0n) is 18.2. The van der Waals surface area contributed by atoms with Crippen LogP contribution in [0.4, 0.5) is 4.39 Å². The molecule has 3 aromatic rings. The van der Waals surface area contributed by atoms with Gasteiger partial charge < -0.3 is 14.6 Å². The Morgan fingerprint density at radius 3 is 2.66 bits per heavy atom. The average molecular weight is 440 g/mol. The number of nitrogens with zero attached hydrogens (tertiary/aromatic N) is 3. The van der Waals surface area contributed by atoms with Crippen LogP contribution in [0.25, 0.3) is 0 Å². The maximum Gasteiger partial charge on any atom is 0.165 e. The molecule has 2 aromatic carbocycles. The second-order valence-corrected chi connectivity index (χ2v) is 8.34. The first-order valence-electron chi connectivity index (χ1n) is 11.1. The third-order valence-electron chi connectivity index (χ3n) is 5.78. The Bertz CT molecular complexity index is 972. The summed E-state index contributed by atoms with van der Waals surface area (Å²) in [5.74, 6) is 0.650. The summed E-state index contributed by atoms with van der Waals surface area (Å²) in [5.41, 5.74) is 0.251. The van der Waals surface area contributed by atoms with E-state index in [1.165, 1.54) is 11.6 Å². The van der Waals surface area contributed by atoms with E-state index in [4.69, 9.17) is 9.47 Å². The van der Waals surface area contributed by atoms with E-state index >= 15 is 0 Å². The standard InChI is InChI=1S/C25H30FN3O3/c26-23-8-1-2-9-24(23)32-20-25(30)10-15-28(16-11-25)19-21-6-3-7-22(18-21)31-17-5-14-29-13-4-12-27-29/h1-4,6-9,12-13,18,30H,5,10-11,14-17,19-20H2. The van der Waals surface area contributed by atoms with Gasteiger partial charge in [0.15, 0.2) is 11.6 Å². The van der Waals surface area contributed by atoms with Crippen LogP contribution in [0.15, 0.2) is 67.0 Å². The van der Waals surface area contributed by atoms with E-state index in [0.717, 1.165) is 38.3 Å². The summed E-state index contributed by atoms with van der Waals surface area (Å²) in [5, 5.41) is 15.0. The van der Waals surface area contributed by atoms with Crippen molar-refractivity contribution in [3.05, 3.63) is 78.4 Å². The molecule has 0 unspecified atom stereocenters. The van der Waals surface area contributed by atoms with Crippen LogP contribution in [0.5, 0.6) is 11.5 Å². The number of rotatable bonds is 10. The number of ether oxygens (including phenoxy) is 2. The molecule has 1 aromatic heterocycles. The minimum Gasteiger partial charge on any atom is -0.494 e. The first-order chi connectivity index (χ1) is 15.6. The quantitative estimate of drug-likeness (QED) is 0.486. The van der Waals surface area contributed by atoms with Crippen molar-refractivity contribution in [2.24, 2.45) is 0 Å². The molecule has 0 aliphatic carbocycles. The van der Waals surface area contributed by atoms with Crippen molar-refractivity contribution in [3.8, 4) is 11.5 Å². The molecule has 7 heteroatoms. The number of aromatic nitrogens is 2. The van der Waals surface area contributed by atoms with Crippen molar-refractivity contribution < 1.29 is 19.0 Å². The summed E-state index contributed by atoms with van der Waals surface area (Å²) in [4.78, 5) is 2.31. The molecule has 2 heterocycles. The minimum absolute atomic E-state index is 0.101. The number of aryl methyl sites for hydroxylation is 1. The smallest absolute Gasteiger partial charge is 0.165 e. The molecule has 0 amide bonds. The monoisotopic (exact) mass is 439 g/mol. The lowest BCUT2D eigenvalue weighted by Crippen LogP contribution is -2.47. The molecular weight excluding hydrogens is 409 g/mol. The zero-order chi connectivity index (χ0) is 22.2. The molecule has 1 aliphatic rings. The summed E-state index contributed by atoms with van der Waals surface area (Å²) in [7, 11) is 0. The van der Waals surface area contributed by atoms with Crippen molar-refractivity contribution in [3.63, 3.8) is 0 Å². The van der Waals surface area contributed by atoms with E-state index in [1.54, 1.807) is 24.4 Å². The highest BCUT2D eigenvalue weighted by molar-refractivity contribution is 5.28. The zero-order valence-corrected chi connectivity index (χ0v) is 18.2. The molecule has 1 saturated heterocycles. The number of benzene rings is 2. The third kappa shape index (κ3) is 6.31. The summed E-state index contributed by atoms with van der Waals surface area (Å²) in [6, 6.07) is 16.4. The molecule has 1 aliphatic heterocycles. The Morgan fingerprint density at radius 2 is 1.88 bits per heavy atom. The number of para-hydroxylation sites is 1. The Balaban J connectivity index is 1.20. The van der Waals surface area contributed by atoms with Gasteiger partial charge in [0.1, 0.15) is 18.0 Å². The molecular formula is C25H30FN3O3. The van der Waals surface area contributed by atoms with Crippen LogP contribution in [0.1, 0.15) is 24.8 Å². The molecule has 4 rings (SSSR count). The van der Waals surface area contributed by atoms with Crippen LogP contribution in [0, 0.1) is 5.82 Å². The first-order valence-corrected chi connectivity index (χ1v) is 11.1. The van der Waals surface area contributed by atoms with Gasteiger partial charge in [0.2, 0.25) is 0 Å². The molecule has 0 saturated carbocycles. The predicted molar refractivity (Wildman–Crippen MR) is 120 cm³/mol. The summed E-state index contributed by atoms with van der Waals surface area (Å²) in [6.07, 6.45) is 5.80. The molecule has 0 bridgehead atoms. The fraction of sp³-hybridized carbons (Fsp3) is 0.400. The van der Waals surface area contributed by atoms with Gasteiger partial charge in [-0.2, -0.15) is 5.10 Å². The highest BCUT2D eigenvalue weighted by Crippen LogP contribution is 2.26. The average Bonchev–Trinajstić information content (AvgIpc) is 3.32. The maximum atomic E-state index is 13.7. The molecule has 6 nitrogen and oxygen atoms in total. The summed E-state index contributed by atoms with van der Waals surface area (Å²) < 4.78 is 27.1. The van der Waals surface area contributed by atoms with Gasteiger partial charge in [-0.1, -0.05) is 24.3 Å². The van der Waals surface area contributed by atoms with Gasteiger partial charge in [0.05, 0.1) is 6.61 Å². The van der Waals surface area contributed by atoms with Crippen molar-refractivity contribution in [2.75, 3.05) is 26.3 Å². The van der Waals surface area contributed by atoms with Crippen LogP contribution in [-0.4, -0.2) is 51.7 Å². The fourth-order valence-corrected chi connectivity index (χ4v) is 3.89. The number of halogens is 1. The van der Waals surface area contributed by atoms with Gasteiger partial charge >= 0.3 is 0 Å². The molecule has 0 radical (unpaired) electrons. The second-order valence-electron chi connectivity index (χ2n) is 8.34. The lowest BCUT2D eigenvalue weighted by atomic mass is 9.92. The highest BCUT2D eigenvalue weighted by Gasteiger charge is 2.33. The van der Waals surface area contributed by atoms with Crippen LogP contribution < -0.4 is 9.47 Å². The Morgan fingerprint density at radius 1 is 1.03 bits per heavy atom. The lowest BCUT2D eigenvalue weighted by Gasteiger charge is -2.38. The van der Waals surface area contributed by atoms with E-state index in [-0.39, 0.29) is 12.4 Å². The first kappa shape index (κ1) is 22.3. The van der Waals surface area contributed by atoms with E-state index in [1.807, 2.05) is 29.1 Å². The van der Waals surface area contributed by atoms with Gasteiger partial charge in [-0.3, -0.25) is 9.58 Å². The van der Waals surface area contributed by atoms with Crippen molar-refractivity contribution in [1.82, 2.24) is 14.7 Å². The SMILES string of the molecule is OC1(COc2ccccc2F)CCN(Cc2cccc(OCCCn3cccn3)c2)CC1. The van der Waals surface area contributed by atoms with E-state index < -0.39 is 11.4 Å². The van der Waals surface area contributed by atoms with Crippen LogP contribution >= 0.6 is 0 Å². The molecule has 170 valence electrons. The Labute approximate surface area is 188 Å². The lowest BCUT2D eigenvalue weighted by molar-refractivity contribution is -0.0543. The number of piperidine rings is 1.